The summed E-state index contributed by atoms with van der Waals surface area (Å²) in [5.41, 5.74) is 7.29. The molecule has 1 saturated carbocycles. The Labute approximate surface area is 164 Å². The Morgan fingerprint density at radius 2 is 1.96 bits per heavy atom. The van der Waals surface area contributed by atoms with Crippen molar-refractivity contribution in [2.75, 3.05) is 13.6 Å². The first kappa shape index (κ1) is 24.2. The highest BCUT2D eigenvalue weighted by atomic mass is 35.5. The van der Waals surface area contributed by atoms with Crippen molar-refractivity contribution in [2.24, 2.45) is 11.7 Å². The Kier molecular flexibility index (Phi) is 12.1. The van der Waals surface area contributed by atoms with Crippen LogP contribution in [0.1, 0.15) is 44.6 Å². The molecule has 3 atom stereocenters. The molecule has 0 saturated heterocycles. The van der Waals surface area contributed by atoms with Crippen molar-refractivity contribution in [2.45, 2.75) is 57.7 Å². The van der Waals surface area contributed by atoms with Gasteiger partial charge in [-0.15, -0.1) is 24.8 Å². The normalized spacial score (nSPS) is 21.0. The van der Waals surface area contributed by atoms with Crippen molar-refractivity contribution in [3.05, 3.63) is 35.9 Å². The fraction of sp³-hybridized carbons (Fsp3) is 0.632. The molecule has 4 nitrogen and oxygen atoms in total. The van der Waals surface area contributed by atoms with Gasteiger partial charge in [0.05, 0.1) is 0 Å². The Bertz CT molecular complexity index is 487. The molecule has 0 spiro atoms. The zero-order valence-corrected chi connectivity index (χ0v) is 17.0. The van der Waals surface area contributed by atoms with E-state index in [-0.39, 0.29) is 42.7 Å². The number of rotatable bonds is 7. The number of carbonyl (C=O) groups is 1. The van der Waals surface area contributed by atoms with E-state index in [9.17, 15) is 4.79 Å². The van der Waals surface area contributed by atoms with Gasteiger partial charge in [0.2, 0.25) is 5.91 Å². The molecule has 25 heavy (non-hydrogen) atoms. The molecule has 0 bridgehead atoms. The lowest BCUT2D eigenvalue weighted by molar-refractivity contribution is -0.126. The van der Waals surface area contributed by atoms with E-state index in [1.54, 1.807) is 0 Å². The first-order chi connectivity index (χ1) is 11.1. The smallest absolute Gasteiger partial charge is 0.223 e. The number of hydrogen-bond donors (Lipinski definition) is 2. The highest BCUT2D eigenvalue weighted by molar-refractivity contribution is 5.85. The fourth-order valence-electron chi connectivity index (χ4n) is 3.26. The summed E-state index contributed by atoms with van der Waals surface area (Å²) in [4.78, 5) is 14.5. The third-order valence-electron chi connectivity index (χ3n) is 4.97. The van der Waals surface area contributed by atoms with Gasteiger partial charge >= 0.3 is 0 Å². The first-order valence-electron chi connectivity index (χ1n) is 8.83. The third-order valence-corrected chi connectivity index (χ3v) is 4.97. The van der Waals surface area contributed by atoms with Gasteiger partial charge in [-0.3, -0.25) is 9.69 Å². The van der Waals surface area contributed by atoms with E-state index in [2.05, 4.69) is 48.5 Å². The molecule has 3 unspecified atom stereocenters. The van der Waals surface area contributed by atoms with E-state index in [0.29, 0.717) is 6.04 Å². The van der Waals surface area contributed by atoms with Crippen LogP contribution in [0.25, 0.3) is 0 Å². The van der Waals surface area contributed by atoms with Gasteiger partial charge in [0.1, 0.15) is 0 Å². The van der Waals surface area contributed by atoms with E-state index < -0.39 is 0 Å². The van der Waals surface area contributed by atoms with E-state index in [1.165, 1.54) is 5.56 Å². The summed E-state index contributed by atoms with van der Waals surface area (Å²) in [6.07, 6.45) is 4.94. The van der Waals surface area contributed by atoms with Gasteiger partial charge in [-0.1, -0.05) is 36.8 Å². The zero-order valence-electron chi connectivity index (χ0n) is 15.3. The second kappa shape index (κ2) is 12.5. The first-order valence-corrected chi connectivity index (χ1v) is 8.83. The molecular weight excluding hydrogens is 357 g/mol. The second-order valence-electron chi connectivity index (χ2n) is 6.95. The van der Waals surface area contributed by atoms with Gasteiger partial charge in [0, 0.05) is 31.1 Å². The molecule has 1 fully saturated rings. The number of hydrogen-bond acceptors (Lipinski definition) is 3. The van der Waals surface area contributed by atoms with Gasteiger partial charge in [-0.25, -0.2) is 0 Å². The Balaban J connectivity index is 0.00000288. The summed E-state index contributed by atoms with van der Waals surface area (Å²) < 4.78 is 0. The van der Waals surface area contributed by atoms with Crippen molar-refractivity contribution >= 4 is 30.7 Å². The Hall–Kier alpha value is -0.810. The van der Waals surface area contributed by atoms with Gasteiger partial charge in [-0.2, -0.15) is 0 Å². The molecule has 0 aromatic heterocycles. The van der Waals surface area contributed by atoms with Crippen LogP contribution in [0.4, 0.5) is 0 Å². The minimum atomic E-state index is 0. The van der Waals surface area contributed by atoms with Crippen LogP contribution >= 0.6 is 24.8 Å². The SMILES string of the molecule is CC(CCNC(=O)C1CCCC(N)C1)N(C)Cc1ccccc1.Cl.Cl. The quantitative estimate of drug-likeness (QED) is 0.751. The van der Waals surface area contributed by atoms with Crippen molar-refractivity contribution in [1.29, 1.82) is 0 Å². The summed E-state index contributed by atoms with van der Waals surface area (Å²) in [5, 5.41) is 3.10. The summed E-state index contributed by atoms with van der Waals surface area (Å²) in [6.45, 7) is 3.89. The highest BCUT2D eigenvalue weighted by Crippen LogP contribution is 2.23. The zero-order chi connectivity index (χ0) is 16.7. The maximum absolute atomic E-state index is 12.2. The van der Waals surface area contributed by atoms with E-state index in [4.69, 9.17) is 5.73 Å². The molecule has 0 aliphatic heterocycles. The van der Waals surface area contributed by atoms with Crippen molar-refractivity contribution in [3.8, 4) is 0 Å². The van der Waals surface area contributed by atoms with Crippen LogP contribution in [0, 0.1) is 5.92 Å². The minimum absolute atomic E-state index is 0. The van der Waals surface area contributed by atoms with Crippen LogP contribution in [-0.2, 0) is 11.3 Å². The molecule has 2 rings (SSSR count). The molecule has 1 amide bonds. The van der Waals surface area contributed by atoms with Crippen LogP contribution in [0.15, 0.2) is 30.3 Å². The van der Waals surface area contributed by atoms with Crippen LogP contribution in [-0.4, -0.2) is 36.5 Å². The minimum Gasteiger partial charge on any atom is -0.356 e. The predicted octanol–water partition coefficient (Wildman–Crippen LogP) is 3.37. The molecule has 0 radical (unpaired) electrons. The van der Waals surface area contributed by atoms with Crippen LogP contribution in [0.5, 0.6) is 0 Å². The van der Waals surface area contributed by atoms with Gasteiger partial charge in [0.25, 0.3) is 0 Å². The summed E-state index contributed by atoms with van der Waals surface area (Å²) in [6, 6.07) is 11.1. The summed E-state index contributed by atoms with van der Waals surface area (Å²) in [5.74, 6) is 0.314. The topological polar surface area (TPSA) is 58.4 Å². The monoisotopic (exact) mass is 389 g/mol. The van der Waals surface area contributed by atoms with E-state index >= 15 is 0 Å². The van der Waals surface area contributed by atoms with Gasteiger partial charge in [-0.05, 0) is 45.2 Å². The second-order valence-corrected chi connectivity index (χ2v) is 6.95. The lowest BCUT2D eigenvalue weighted by Crippen LogP contribution is -2.39. The van der Waals surface area contributed by atoms with E-state index in [0.717, 1.165) is 45.2 Å². The Morgan fingerprint density at radius 1 is 1.28 bits per heavy atom. The van der Waals surface area contributed by atoms with Gasteiger partial charge < -0.3 is 11.1 Å². The number of nitrogens with two attached hydrogens (primary N) is 1. The average Bonchev–Trinajstić information content (AvgIpc) is 2.55. The number of benzene rings is 1. The largest absolute Gasteiger partial charge is 0.356 e. The number of carbonyl (C=O) groups excluding carboxylic acids is 1. The summed E-state index contributed by atoms with van der Waals surface area (Å²) >= 11 is 0. The maximum Gasteiger partial charge on any atom is 0.223 e. The average molecular weight is 390 g/mol. The molecule has 1 aliphatic rings. The van der Waals surface area contributed by atoms with Crippen LogP contribution < -0.4 is 11.1 Å². The third kappa shape index (κ3) is 8.41. The lowest BCUT2D eigenvalue weighted by atomic mass is 9.85. The van der Waals surface area contributed by atoms with Crippen molar-refractivity contribution in [1.82, 2.24) is 10.2 Å². The van der Waals surface area contributed by atoms with E-state index in [1.807, 2.05) is 6.07 Å². The Morgan fingerprint density at radius 3 is 2.60 bits per heavy atom. The van der Waals surface area contributed by atoms with Crippen LogP contribution in [0.2, 0.25) is 0 Å². The lowest BCUT2D eigenvalue weighted by Gasteiger charge is -2.27. The molecule has 144 valence electrons. The maximum atomic E-state index is 12.2. The number of halogens is 2. The number of amides is 1. The van der Waals surface area contributed by atoms with Crippen molar-refractivity contribution < 1.29 is 4.79 Å². The molecule has 1 aliphatic carbocycles. The standard InChI is InChI=1S/C19H31N3O.2ClH/c1-15(22(2)14-16-7-4-3-5-8-16)11-12-21-19(23)17-9-6-10-18(20)13-17;;/h3-5,7-8,15,17-18H,6,9-14,20H2,1-2H3,(H,21,23);2*1H. The van der Waals surface area contributed by atoms with Crippen molar-refractivity contribution in [3.63, 3.8) is 0 Å². The van der Waals surface area contributed by atoms with Gasteiger partial charge in [0.15, 0.2) is 0 Å². The molecule has 3 N–H and O–H groups in total. The van der Waals surface area contributed by atoms with Crippen LogP contribution in [0.3, 0.4) is 0 Å². The number of nitrogens with zero attached hydrogens (tertiary/aromatic N) is 1. The molecule has 1 aromatic rings. The fourth-order valence-corrected chi connectivity index (χ4v) is 3.26. The molecular formula is C19H33Cl2N3O. The number of nitrogens with one attached hydrogen (secondary N) is 1. The summed E-state index contributed by atoms with van der Waals surface area (Å²) in [7, 11) is 2.14. The predicted molar refractivity (Wildman–Crippen MR) is 109 cm³/mol. The molecule has 1 aromatic carbocycles. The molecule has 6 heteroatoms. The highest BCUT2D eigenvalue weighted by Gasteiger charge is 2.25. The molecule has 0 heterocycles.